The molecule has 6 nitrogen and oxygen atoms in total. The minimum absolute atomic E-state index is 0.0847. The van der Waals surface area contributed by atoms with Crippen molar-refractivity contribution in [2.45, 2.75) is 38.3 Å². The predicted molar refractivity (Wildman–Crippen MR) is 70.3 cm³/mol. The normalized spacial score (nSPS) is 32.1. The summed E-state index contributed by atoms with van der Waals surface area (Å²) in [5.41, 5.74) is 5.35. The van der Waals surface area contributed by atoms with Crippen LogP contribution in [-0.4, -0.2) is 55.1 Å². The smallest absolute Gasteiger partial charge is 0.224 e. The molecule has 2 rings (SSSR count). The van der Waals surface area contributed by atoms with Gasteiger partial charge in [0.25, 0.3) is 0 Å². The molecular weight excluding hydrogens is 246 g/mol. The van der Waals surface area contributed by atoms with Crippen LogP contribution in [0.3, 0.4) is 0 Å². The number of nitrogens with zero attached hydrogens (tertiary/aromatic N) is 1. The van der Waals surface area contributed by atoms with Gasteiger partial charge in [-0.05, 0) is 19.8 Å². The van der Waals surface area contributed by atoms with Crippen LogP contribution in [0, 0.1) is 5.92 Å². The van der Waals surface area contributed by atoms with Crippen LogP contribution in [0.2, 0.25) is 0 Å². The highest BCUT2D eigenvalue weighted by Crippen LogP contribution is 2.22. The van der Waals surface area contributed by atoms with E-state index in [1.165, 1.54) is 0 Å². The van der Waals surface area contributed by atoms with E-state index in [1.807, 2.05) is 6.92 Å². The second-order valence-electron chi connectivity index (χ2n) is 5.50. The molecular formula is C13H23N3O3. The first-order chi connectivity index (χ1) is 9.08. The van der Waals surface area contributed by atoms with Gasteiger partial charge in [-0.25, -0.2) is 0 Å². The summed E-state index contributed by atoms with van der Waals surface area (Å²) in [6, 6.07) is 0.273. The third kappa shape index (κ3) is 3.67. The molecule has 2 saturated heterocycles. The summed E-state index contributed by atoms with van der Waals surface area (Å²) in [4.78, 5) is 25.4. The van der Waals surface area contributed by atoms with Gasteiger partial charge in [-0.2, -0.15) is 0 Å². The Balaban J connectivity index is 1.90. The van der Waals surface area contributed by atoms with E-state index in [0.717, 1.165) is 19.4 Å². The van der Waals surface area contributed by atoms with E-state index >= 15 is 0 Å². The zero-order valence-electron chi connectivity index (χ0n) is 11.4. The van der Waals surface area contributed by atoms with Crippen molar-refractivity contribution in [3.8, 4) is 0 Å². The zero-order chi connectivity index (χ0) is 13.8. The van der Waals surface area contributed by atoms with Gasteiger partial charge in [0.2, 0.25) is 11.8 Å². The van der Waals surface area contributed by atoms with Crippen LogP contribution in [0.4, 0.5) is 0 Å². The molecule has 3 unspecified atom stereocenters. The molecule has 0 aromatic rings. The number of carbonyl (C=O) groups is 2. The van der Waals surface area contributed by atoms with Crippen molar-refractivity contribution in [1.29, 1.82) is 0 Å². The Morgan fingerprint density at radius 1 is 1.42 bits per heavy atom. The van der Waals surface area contributed by atoms with Gasteiger partial charge in [-0.1, -0.05) is 0 Å². The van der Waals surface area contributed by atoms with E-state index in [4.69, 9.17) is 10.5 Å². The van der Waals surface area contributed by atoms with Gasteiger partial charge < -0.3 is 20.7 Å². The van der Waals surface area contributed by atoms with Gasteiger partial charge in [-0.15, -0.1) is 0 Å². The third-order valence-corrected chi connectivity index (χ3v) is 4.02. The van der Waals surface area contributed by atoms with Crippen LogP contribution in [0.25, 0.3) is 0 Å². The molecule has 0 radical (unpaired) electrons. The highest BCUT2D eigenvalue weighted by molar-refractivity contribution is 5.80. The van der Waals surface area contributed by atoms with Crippen LogP contribution in [0.15, 0.2) is 0 Å². The number of primary amides is 1. The SMILES string of the molecule is CC1CCC(C(N)=O)CN1C(=O)CC1COCCN1. The van der Waals surface area contributed by atoms with E-state index in [9.17, 15) is 9.59 Å². The van der Waals surface area contributed by atoms with E-state index in [2.05, 4.69) is 5.32 Å². The van der Waals surface area contributed by atoms with E-state index < -0.39 is 0 Å². The fourth-order valence-corrected chi connectivity index (χ4v) is 2.77. The third-order valence-electron chi connectivity index (χ3n) is 4.02. The molecule has 0 aromatic heterocycles. The van der Waals surface area contributed by atoms with Crippen LogP contribution in [-0.2, 0) is 14.3 Å². The molecule has 19 heavy (non-hydrogen) atoms. The number of carbonyl (C=O) groups excluding carboxylic acids is 2. The monoisotopic (exact) mass is 269 g/mol. The molecule has 0 spiro atoms. The highest BCUT2D eigenvalue weighted by atomic mass is 16.5. The number of amides is 2. The van der Waals surface area contributed by atoms with Crippen LogP contribution in [0.5, 0.6) is 0 Å². The number of piperidine rings is 1. The Bertz CT molecular complexity index is 342. The second kappa shape index (κ2) is 6.34. The van der Waals surface area contributed by atoms with Crippen molar-refractivity contribution >= 4 is 11.8 Å². The lowest BCUT2D eigenvalue weighted by Gasteiger charge is -2.38. The topological polar surface area (TPSA) is 84.7 Å². The fourth-order valence-electron chi connectivity index (χ4n) is 2.77. The average molecular weight is 269 g/mol. The molecule has 2 aliphatic heterocycles. The molecule has 3 N–H and O–H groups in total. The number of ether oxygens (including phenoxy) is 1. The van der Waals surface area contributed by atoms with Gasteiger partial charge in [0.05, 0.1) is 19.1 Å². The molecule has 3 atom stereocenters. The first kappa shape index (κ1) is 14.3. The lowest BCUT2D eigenvalue weighted by atomic mass is 9.92. The summed E-state index contributed by atoms with van der Waals surface area (Å²) in [6.07, 6.45) is 2.05. The van der Waals surface area contributed by atoms with Crippen molar-refractivity contribution in [2.75, 3.05) is 26.3 Å². The highest BCUT2D eigenvalue weighted by Gasteiger charge is 2.32. The van der Waals surface area contributed by atoms with Crippen molar-refractivity contribution < 1.29 is 14.3 Å². The number of rotatable bonds is 3. The van der Waals surface area contributed by atoms with E-state index in [-0.39, 0.29) is 29.8 Å². The first-order valence-electron chi connectivity index (χ1n) is 6.98. The molecule has 0 bridgehead atoms. The summed E-state index contributed by atoms with van der Waals surface area (Å²) in [5, 5.41) is 3.27. The summed E-state index contributed by atoms with van der Waals surface area (Å²) < 4.78 is 5.35. The molecule has 0 saturated carbocycles. The number of likely N-dealkylation sites (tertiary alicyclic amines) is 1. The van der Waals surface area contributed by atoms with Crippen molar-refractivity contribution in [3.05, 3.63) is 0 Å². The standard InChI is InChI=1S/C13H23N3O3/c1-9-2-3-10(13(14)18)7-16(9)12(17)6-11-8-19-5-4-15-11/h9-11,15H,2-8H2,1H3,(H2,14,18). The predicted octanol–water partition coefficient (Wildman–Crippen LogP) is -0.523. The molecule has 0 aromatic carbocycles. The first-order valence-corrected chi connectivity index (χ1v) is 6.98. The van der Waals surface area contributed by atoms with Gasteiger partial charge in [-0.3, -0.25) is 9.59 Å². The maximum absolute atomic E-state index is 12.3. The van der Waals surface area contributed by atoms with Crippen molar-refractivity contribution in [2.24, 2.45) is 11.7 Å². The Hall–Kier alpha value is -1.14. The summed E-state index contributed by atoms with van der Waals surface area (Å²) in [5.74, 6) is -0.416. The fraction of sp³-hybridized carbons (Fsp3) is 0.846. The van der Waals surface area contributed by atoms with Crippen LogP contribution in [0.1, 0.15) is 26.2 Å². The molecule has 2 fully saturated rings. The molecule has 108 valence electrons. The Labute approximate surface area is 113 Å². The van der Waals surface area contributed by atoms with Gasteiger partial charge in [0, 0.05) is 31.6 Å². The second-order valence-corrected chi connectivity index (χ2v) is 5.50. The van der Waals surface area contributed by atoms with Gasteiger partial charge >= 0.3 is 0 Å². The number of nitrogens with two attached hydrogens (primary N) is 1. The lowest BCUT2D eigenvalue weighted by molar-refractivity contribution is -0.138. The van der Waals surface area contributed by atoms with Crippen LogP contribution < -0.4 is 11.1 Å². The van der Waals surface area contributed by atoms with Crippen LogP contribution >= 0.6 is 0 Å². The van der Waals surface area contributed by atoms with E-state index in [1.54, 1.807) is 4.90 Å². The number of hydrogen-bond donors (Lipinski definition) is 2. The van der Waals surface area contributed by atoms with Gasteiger partial charge in [0.1, 0.15) is 0 Å². The zero-order valence-corrected chi connectivity index (χ0v) is 11.4. The molecule has 2 heterocycles. The maximum atomic E-state index is 12.3. The molecule has 2 amide bonds. The Morgan fingerprint density at radius 2 is 2.21 bits per heavy atom. The molecule has 6 heteroatoms. The lowest BCUT2D eigenvalue weighted by Crippen LogP contribution is -2.51. The number of nitrogens with one attached hydrogen (secondary N) is 1. The van der Waals surface area contributed by atoms with Crippen molar-refractivity contribution in [3.63, 3.8) is 0 Å². The quantitative estimate of drug-likeness (QED) is 0.722. The van der Waals surface area contributed by atoms with Gasteiger partial charge in [0.15, 0.2) is 0 Å². The molecule has 0 aliphatic carbocycles. The summed E-state index contributed by atoms with van der Waals surface area (Å²) >= 11 is 0. The number of hydrogen-bond acceptors (Lipinski definition) is 4. The molecule has 2 aliphatic rings. The average Bonchev–Trinajstić information content (AvgIpc) is 2.40. The maximum Gasteiger partial charge on any atom is 0.224 e. The number of morpholine rings is 1. The summed E-state index contributed by atoms with van der Waals surface area (Å²) in [6.45, 7) is 4.56. The Kier molecular flexibility index (Phi) is 4.76. The summed E-state index contributed by atoms with van der Waals surface area (Å²) in [7, 11) is 0. The Morgan fingerprint density at radius 3 is 2.84 bits per heavy atom. The largest absolute Gasteiger partial charge is 0.378 e. The van der Waals surface area contributed by atoms with Crippen molar-refractivity contribution in [1.82, 2.24) is 10.2 Å². The minimum Gasteiger partial charge on any atom is -0.378 e. The van der Waals surface area contributed by atoms with E-state index in [0.29, 0.717) is 26.2 Å². The minimum atomic E-state index is -0.302.